The molecule has 0 unspecified atom stereocenters. The summed E-state index contributed by atoms with van der Waals surface area (Å²) < 4.78 is 12.9. The molecule has 2 aliphatic rings. The standard InChI is InChI=1S/C9H11BrN2O6.C9H11BrN2O5/c10-3-1-12(9(17)11-7(3)16)8-6(15)5(14)4(2-13)18-8;10-4-2-12(9(16)11-8(4)15)7-1-5(14)6(3-13)17-7/h1,4-6,8,13-15H,2H2,(H,11,16,17);2,5-7,13-14H,1,3H2,(H,11,15,16)/t4-,5-,6-,8-;5-,6+,7+/m10/s1. The van der Waals surface area contributed by atoms with E-state index in [0.29, 0.717) is 0 Å². The van der Waals surface area contributed by atoms with Crippen molar-refractivity contribution in [1.82, 2.24) is 19.1 Å². The molecule has 2 fully saturated rings. The SMILES string of the molecule is O=c1[nH]c(=O)n([C@@H]2O[C@H](CO)[C@@H](O)[C@H]2O)cc1Br.O=c1[nH]c(=O)n([C@H]2C[C@H](O)[C@@H](CO)O2)cc1Br. The van der Waals surface area contributed by atoms with Crippen molar-refractivity contribution in [2.75, 3.05) is 13.2 Å². The number of H-pyrrole nitrogens is 2. The molecule has 4 rings (SSSR count). The number of aromatic amines is 2. The van der Waals surface area contributed by atoms with Crippen molar-refractivity contribution in [2.24, 2.45) is 0 Å². The number of nitrogens with one attached hydrogen (secondary N) is 2. The Labute approximate surface area is 211 Å². The van der Waals surface area contributed by atoms with Gasteiger partial charge in [0.25, 0.3) is 11.1 Å². The summed E-state index contributed by atoms with van der Waals surface area (Å²) in [7, 11) is 0. The lowest BCUT2D eigenvalue weighted by atomic mass is 10.1. The molecular formula is C18H22Br2N4O11. The molecule has 7 atom stereocenters. The second kappa shape index (κ2) is 11.4. The molecule has 17 heteroatoms. The molecule has 0 radical (unpaired) electrons. The smallest absolute Gasteiger partial charge is 0.330 e. The number of aliphatic hydroxyl groups is 5. The van der Waals surface area contributed by atoms with Crippen LogP contribution in [0.25, 0.3) is 0 Å². The number of aliphatic hydroxyl groups excluding tert-OH is 5. The van der Waals surface area contributed by atoms with E-state index in [2.05, 4.69) is 36.8 Å². The second-order valence-electron chi connectivity index (χ2n) is 7.63. The summed E-state index contributed by atoms with van der Waals surface area (Å²) in [5.74, 6) is 0. The predicted molar refractivity (Wildman–Crippen MR) is 123 cm³/mol. The molecule has 7 N–H and O–H groups in total. The van der Waals surface area contributed by atoms with Gasteiger partial charge in [-0.1, -0.05) is 0 Å². The monoisotopic (exact) mass is 628 g/mol. The molecule has 0 aliphatic carbocycles. The normalized spacial score (nSPS) is 30.2. The Morgan fingerprint density at radius 2 is 1.34 bits per heavy atom. The third kappa shape index (κ3) is 5.89. The van der Waals surface area contributed by atoms with Gasteiger partial charge in [-0.15, -0.1) is 0 Å². The van der Waals surface area contributed by atoms with Crippen molar-refractivity contribution in [2.45, 2.75) is 49.4 Å². The lowest BCUT2D eigenvalue weighted by molar-refractivity contribution is -0.0551. The first-order valence-corrected chi connectivity index (χ1v) is 11.7. The van der Waals surface area contributed by atoms with E-state index in [0.717, 1.165) is 10.8 Å². The van der Waals surface area contributed by atoms with Crippen molar-refractivity contribution < 1.29 is 35.0 Å². The Morgan fingerprint density at radius 1 is 0.829 bits per heavy atom. The fourth-order valence-electron chi connectivity index (χ4n) is 3.48. The molecule has 2 aliphatic heterocycles. The highest BCUT2D eigenvalue weighted by molar-refractivity contribution is 9.10. The summed E-state index contributed by atoms with van der Waals surface area (Å²) in [5.41, 5.74) is -2.53. The molecule has 0 saturated carbocycles. The van der Waals surface area contributed by atoms with E-state index < -0.39 is 72.1 Å². The zero-order valence-corrected chi connectivity index (χ0v) is 20.8. The number of hydrogen-bond donors (Lipinski definition) is 7. The minimum atomic E-state index is -1.38. The Hall–Kier alpha value is -1.96. The van der Waals surface area contributed by atoms with Gasteiger partial charge in [0.15, 0.2) is 6.23 Å². The van der Waals surface area contributed by atoms with Crippen LogP contribution in [0.15, 0.2) is 40.5 Å². The summed E-state index contributed by atoms with van der Waals surface area (Å²) in [6.45, 7) is -0.815. The number of nitrogens with zero attached hydrogens (tertiary/aromatic N) is 2. The van der Waals surface area contributed by atoms with Crippen molar-refractivity contribution in [1.29, 1.82) is 0 Å². The first-order valence-electron chi connectivity index (χ1n) is 10.1. The molecule has 0 aromatic carbocycles. The summed E-state index contributed by atoms with van der Waals surface area (Å²) in [4.78, 5) is 49.6. The Kier molecular flexibility index (Phi) is 9.00. The minimum absolute atomic E-state index is 0.0832. The van der Waals surface area contributed by atoms with Crippen LogP contribution in [-0.2, 0) is 9.47 Å². The molecule has 4 heterocycles. The van der Waals surface area contributed by atoms with E-state index in [9.17, 15) is 34.5 Å². The van der Waals surface area contributed by atoms with Crippen molar-refractivity contribution >= 4 is 31.9 Å². The molecule has 2 aromatic heterocycles. The van der Waals surface area contributed by atoms with E-state index in [1.54, 1.807) is 0 Å². The van der Waals surface area contributed by atoms with E-state index in [-0.39, 0.29) is 22.0 Å². The number of rotatable bonds is 4. The van der Waals surface area contributed by atoms with Gasteiger partial charge >= 0.3 is 11.4 Å². The van der Waals surface area contributed by atoms with Crippen molar-refractivity contribution in [3.8, 4) is 0 Å². The van der Waals surface area contributed by atoms with Crippen LogP contribution in [0.5, 0.6) is 0 Å². The van der Waals surface area contributed by atoms with Gasteiger partial charge in [0, 0.05) is 18.8 Å². The summed E-state index contributed by atoms with van der Waals surface area (Å²) >= 11 is 5.95. The largest absolute Gasteiger partial charge is 0.394 e. The second-order valence-corrected chi connectivity index (χ2v) is 9.34. The van der Waals surface area contributed by atoms with E-state index in [1.165, 1.54) is 10.8 Å². The maximum atomic E-state index is 11.6. The summed E-state index contributed by atoms with van der Waals surface area (Å²) in [5, 5.41) is 46.7. The van der Waals surface area contributed by atoms with Gasteiger partial charge in [0.1, 0.15) is 30.6 Å². The van der Waals surface area contributed by atoms with Gasteiger partial charge in [-0.25, -0.2) is 9.59 Å². The minimum Gasteiger partial charge on any atom is -0.394 e. The highest BCUT2D eigenvalue weighted by Crippen LogP contribution is 2.28. The first-order chi connectivity index (χ1) is 16.5. The van der Waals surface area contributed by atoms with Gasteiger partial charge in [-0.05, 0) is 31.9 Å². The highest BCUT2D eigenvalue weighted by Gasteiger charge is 2.43. The lowest BCUT2D eigenvalue weighted by Crippen LogP contribution is -2.38. The molecule has 2 saturated heterocycles. The maximum Gasteiger partial charge on any atom is 0.330 e. The van der Waals surface area contributed by atoms with Crippen LogP contribution in [0.2, 0.25) is 0 Å². The number of halogens is 2. The van der Waals surface area contributed by atoms with Crippen LogP contribution in [0, 0.1) is 0 Å². The van der Waals surface area contributed by atoms with Crippen LogP contribution >= 0.6 is 31.9 Å². The maximum absolute atomic E-state index is 11.6. The van der Waals surface area contributed by atoms with E-state index in [4.69, 9.17) is 19.7 Å². The molecule has 0 bridgehead atoms. The lowest BCUT2D eigenvalue weighted by Gasteiger charge is -2.17. The zero-order valence-electron chi connectivity index (χ0n) is 17.7. The number of ether oxygens (including phenoxy) is 2. The summed E-state index contributed by atoms with van der Waals surface area (Å²) in [6, 6.07) is 0. The average molecular weight is 630 g/mol. The van der Waals surface area contributed by atoms with Crippen LogP contribution in [-0.4, -0.2) is 88.4 Å². The zero-order chi connectivity index (χ0) is 26.0. The van der Waals surface area contributed by atoms with Gasteiger partial charge in [0.2, 0.25) is 0 Å². The molecule has 0 amide bonds. The predicted octanol–water partition coefficient (Wildman–Crippen LogP) is -3.15. The quantitative estimate of drug-likeness (QED) is 0.179. The van der Waals surface area contributed by atoms with Gasteiger partial charge in [-0.3, -0.25) is 28.7 Å². The third-order valence-electron chi connectivity index (χ3n) is 5.33. The van der Waals surface area contributed by atoms with Crippen LogP contribution < -0.4 is 22.5 Å². The fourth-order valence-corrected chi connectivity index (χ4v) is 4.12. The Bertz CT molecular complexity index is 1270. The molecule has 2 aromatic rings. The highest BCUT2D eigenvalue weighted by atomic mass is 79.9. The van der Waals surface area contributed by atoms with Crippen LogP contribution in [0.4, 0.5) is 0 Å². The summed E-state index contributed by atoms with van der Waals surface area (Å²) in [6.07, 6.45) is -4.43. The third-order valence-corrected chi connectivity index (χ3v) is 6.46. The van der Waals surface area contributed by atoms with Crippen molar-refractivity contribution in [3.05, 3.63) is 63.0 Å². The molecule has 0 spiro atoms. The topological polar surface area (TPSA) is 229 Å². The number of aromatic nitrogens is 4. The Balaban J connectivity index is 0.000000196. The average Bonchev–Trinajstić information content (AvgIpc) is 3.32. The van der Waals surface area contributed by atoms with Gasteiger partial charge in [-0.2, -0.15) is 0 Å². The van der Waals surface area contributed by atoms with Crippen LogP contribution in [0.1, 0.15) is 18.9 Å². The molecule has 194 valence electrons. The number of hydrogen-bond acceptors (Lipinski definition) is 11. The van der Waals surface area contributed by atoms with Gasteiger partial charge in [0.05, 0.1) is 28.3 Å². The first kappa shape index (κ1) is 27.6. The fraction of sp³-hybridized carbons (Fsp3) is 0.556. The van der Waals surface area contributed by atoms with Gasteiger partial charge < -0.3 is 35.0 Å². The van der Waals surface area contributed by atoms with E-state index >= 15 is 0 Å². The molecular weight excluding hydrogens is 608 g/mol. The van der Waals surface area contributed by atoms with Crippen LogP contribution in [0.3, 0.4) is 0 Å². The molecule has 35 heavy (non-hydrogen) atoms. The Morgan fingerprint density at radius 3 is 1.83 bits per heavy atom. The molecule has 15 nitrogen and oxygen atoms in total. The van der Waals surface area contributed by atoms with E-state index in [1.807, 2.05) is 4.98 Å². The van der Waals surface area contributed by atoms with Crippen molar-refractivity contribution in [3.63, 3.8) is 0 Å².